The summed E-state index contributed by atoms with van der Waals surface area (Å²) in [7, 11) is 0. The lowest BCUT2D eigenvalue weighted by molar-refractivity contribution is 0.0689. The highest BCUT2D eigenvalue weighted by Gasteiger charge is 2.25. The zero-order chi connectivity index (χ0) is 17.6. The number of aromatic nitrogens is 2. The third-order valence-electron chi connectivity index (χ3n) is 4.64. The number of carbonyl (C=O) groups is 1. The molecule has 1 saturated carbocycles. The van der Waals surface area contributed by atoms with E-state index >= 15 is 0 Å². The lowest BCUT2D eigenvalue weighted by atomic mass is 10.0. The van der Waals surface area contributed by atoms with Gasteiger partial charge in [-0.2, -0.15) is 5.10 Å². The van der Waals surface area contributed by atoms with Gasteiger partial charge in [-0.15, -0.1) is 0 Å². The molecule has 0 unspecified atom stereocenters. The average Bonchev–Trinajstić information content (AvgIpc) is 3.39. The molecule has 1 aromatic heterocycles. The van der Waals surface area contributed by atoms with Crippen LogP contribution in [0.25, 0.3) is 16.9 Å². The second-order valence-corrected chi connectivity index (χ2v) is 6.79. The molecule has 1 aliphatic carbocycles. The molecule has 1 heterocycles. The molecule has 126 valence electrons. The molecule has 2 aromatic carbocycles. The van der Waals surface area contributed by atoms with Crippen LogP contribution in [-0.4, -0.2) is 20.9 Å². The summed E-state index contributed by atoms with van der Waals surface area (Å²) in [5.41, 5.74) is 4.37. The van der Waals surface area contributed by atoms with Crippen LogP contribution >= 0.6 is 11.6 Å². The molecule has 0 spiro atoms. The first-order valence-corrected chi connectivity index (χ1v) is 8.62. The molecule has 4 nitrogen and oxygen atoms in total. The Hall–Kier alpha value is -2.59. The second kappa shape index (κ2) is 6.05. The summed E-state index contributed by atoms with van der Waals surface area (Å²) in [5.74, 6) is -0.364. The highest BCUT2D eigenvalue weighted by Crippen LogP contribution is 2.41. The van der Waals surface area contributed by atoms with Crippen molar-refractivity contribution in [3.63, 3.8) is 0 Å². The van der Waals surface area contributed by atoms with Gasteiger partial charge in [0, 0.05) is 11.1 Å². The first-order chi connectivity index (χ1) is 12.1. The van der Waals surface area contributed by atoms with Crippen molar-refractivity contribution in [2.75, 3.05) is 0 Å². The Morgan fingerprint density at radius 1 is 1.16 bits per heavy atom. The van der Waals surface area contributed by atoms with Crippen LogP contribution in [0.15, 0.2) is 48.5 Å². The standard InChI is InChI=1S/C20H17ClN2O2/c1-12-18(20(24)25)22-23(17-5-3-2-4-16(17)21)19(12)15-10-8-14(9-11-15)13-6-7-13/h2-5,8-11,13H,6-7H2,1H3,(H,24,25). The minimum atomic E-state index is -1.04. The molecule has 0 bridgehead atoms. The van der Waals surface area contributed by atoms with Crippen molar-refractivity contribution >= 4 is 17.6 Å². The number of rotatable bonds is 4. The maximum atomic E-state index is 11.6. The molecule has 0 atom stereocenters. The predicted molar refractivity (Wildman–Crippen MR) is 97.7 cm³/mol. The monoisotopic (exact) mass is 352 g/mol. The van der Waals surface area contributed by atoms with Gasteiger partial charge in [-0.25, -0.2) is 9.48 Å². The van der Waals surface area contributed by atoms with Gasteiger partial charge in [-0.05, 0) is 43.4 Å². The van der Waals surface area contributed by atoms with Crippen LogP contribution in [0.1, 0.15) is 40.4 Å². The van der Waals surface area contributed by atoms with Gasteiger partial charge >= 0.3 is 5.97 Å². The lowest BCUT2D eigenvalue weighted by Gasteiger charge is -2.11. The maximum absolute atomic E-state index is 11.6. The lowest BCUT2D eigenvalue weighted by Crippen LogP contribution is -2.03. The Bertz CT molecular complexity index is 956. The summed E-state index contributed by atoms with van der Waals surface area (Å²) in [6.07, 6.45) is 2.50. The van der Waals surface area contributed by atoms with Crippen LogP contribution in [-0.2, 0) is 0 Å². The van der Waals surface area contributed by atoms with Crippen molar-refractivity contribution in [2.24, 2.45) is 0 Å². The topological polar surface area (TPSA) is 55.1 Å². The van der Waals surface area contributed by atoms with E-state index < -0.39 is 5.97 Å². The van der Waals surface area contributed by atoms with Crippen LogP contribution in [0.2, 0.25) is 5.02 Å². The van der Waals surface area contributed by atoms with E-state index in [1.54, 1.807) is 17.7 Å². The number of carboxylic acids is 1. The third-order valence-corrected chi connectivity index (χ3v) is 4.96. The number of nitrogens with zero attached hydrogens (tertiary/aromatic N) is 2. The summed E-state index contributed by atoms with van der Waals surface area (Å²) >= 11 is 6.33. The fourth-order valence-corrected chi connectivity index (χ4v) is 3.38. The van der Waals surface area contributed by atoms with E-state index in [-0.39, 0.29) is 5.69 Å². The predicted octanol–water partition coefficient (Wildman–Crippen LogP) is 5.08. The van der Waals surface area contributed by atoms with Gasteiger partial charge in [0.2, 0.25) is 0 Å². The average molecular weight is 353 g/mol. The van der Waals surface area contributed by atoms with Crippen LogP contribution in [0.4, 0.5) is 0 Å². The molecule has 1 N–H and O–H groups in total. The smallest absolute Gasteiger partial charge is 0.356 e. The van der Waals surface area contributed by atoms with E-state index in [9.17, 15) is 9.90 Å². The summed E-state index contributed by atoms with van der Waals surface area (Å²) in [4.78, 5) is 11.6. The van der Waals surface area contributed by atoms with Crippen LogP contribution in [0.5, 0.6) is 0 Å². The van der Waals surface area contributed by atoms with E-state index in [2.05, 4.69) is 17.2 Å². The van der Waals surface area contributed by atoms with Crippen LogP contribution in [0, 0.1) is 6.92 Å². The minimum absolute atomic E-state index is 0.0428. The SMILES string of the molecule is Cc1c(C(=O)O)nn(-c2ccccc2Cl)c1-c1ccc(C2CC2)cc1. The highest BCUT2D eigenvalue weighted by molar-refractivity contribution is 6.32. The zero-order valence-electron chi connectivity index (χ0n) is 13.7. The van der Waals surface area contributed by atoms with Gasteiger partial charge in [0.25, 0.3) is 0 Å². The van der Waals surface area contributed by atoms with Crippen molar-refractivity contribution in [1.82, 2.24) is 9.78 Å². The molecule has 0 aliphatic heterocycles. The van der Waals surface area contributed by atoms with E-state index in [1.165, 1.54) is 18.4 Å². The van der Waals surface area contributed by atoms with Gasteiger partial charge in [-0.3, -0.25) is 0 Å². The molecule has 25 heavy (non-hydrogen) atoms. The third kappa shape index (κ3) is 2.83. The van der Waals surface area contributed by atoms with E-state index in [0.717, 1.165) is 11.3 Å². The molecule has 0 amide bonds. The molecule has 4 rings (SSSR count). The first kappa shape index (κ1) is 15.9. The Balaban J connectivity index is 1.90. The molecule has 1 fully saturated rings. The van der Waals surface area contributed by atoms with Crippen molar-refractivity contribution in [1.29, 1.82) is 0 Å². The minimum Gasteiger partial charge on any atom is -0.476 e. The summed E-state index contributed by atoms with van der Waals surface area (Å²) in [5, 5.41) is 14.3. The van der Waals surface area contributed by atoms with Gasteiger partial charge in [0.05, 0.1) is 16.4 Å². The fraction of sp³-hybridized carbons (Fsp3) is 0.200. The molecule has 0 radical (unpaired) electrons. The number of carboxylic acid groups (broad SMARTS) is 1. The van der Waals surface area contributed by atoms with Gasteiger partial charge in [0.15, 0.2) is 5.69 Å². The molecule has 3 aromatic rings. The first-order valence-electron chi connectivity index (χ1n) is 8.24. The molecule has 1 aliphatic rings. The quantitative estimate of drug-likeness (QED) is 0.712. The van der Waals surface area contributed by atoms with Gasteiger partial charge < -0.3 is 5.11 Å². The van der Waals surface area contributed by atoms with E-state index in [0.29, 0.717) is 22.2 Å². The van der Waals surface area contributed by atoms with E-state index in [4.69, 9.17) is 11.6 Å². The number of hydrogen-bond donors (Lipinski definition) is 1. The Morgan fingerprint density at radius 3 is 2.44 bits per heavy atom. The summed E-state index contributed by atoms with van der Waals surface area (Å²) in [6.45, 7) is 1.79. The molecular weight excluding hydrogens is 336 g/mol. The Labute approximate surface area is 150 Å². The van der Waals surface area contributed by atoms with Gasteiger partial charge in [0.1, 0.15) is 0 Å². The Morgan fingerprint density at radius 2 is 1.84 bits per heavy atom. The van der Waals surface area contributed by atoms with Crippen molar-refractivity contribution in [3.05, 3.63) is 70.4 Å². The highest BCUT2D eigenvalue weighted by atomic mass is 35.5. The van der Waals surface area contributed by atoms with Crippen molar-refractivity contribution < 1.29 is 9.90 Å². The molecule has 0 saturated heterocycles. The molecular formula is C20H17ClN2O2. The van der Waals surface area contributed by atoms with Crippen LogP contribution in [0.3, 0.4) is 0 Å². The largest absolute Gasteiger partial charge is 0.476 e. The number of para-hydroxylation sites is 1. The number of benzene rings is 2. The van der Waals surface area contributed by atoms with Gasteiger partial charge in [-0.1, -0.05) is 48.0 Å². The fourth-order valence-electron chi connectivity index (χ4n) is 3.17. The second-order valence-electron chi connectivity index (χ2n) is 6.39. The number of halogens is 1. The number of aromatic carboxylic acids is 1. The van der Waals surface area contributed by atoms with Crippen molar-refractivity contribution in [3.8, 4) is 16.9 Å². The van der Waals surface area contributed by atoms with Crippen molar-refractivity contribution in [2.45, 2.75) is 25.7 Å². The zero-order valence-corrected chi connectivity index (χ0v) is 14.5. The van der Waals surface area contributed by atoms with E-state index in [1.807, 2.05) is 30.3 Å². The summed E-state index contributed by atoms with van der Waals surface area (Å²) < 4.78 is 1.63. The maximum Gasteiger partial charge on any atom is 0.356 e. The summed E-state index contributed by atoms with van der Waals surface area (Å²) in [6, 6.07) is 15.6. The normalized spacial score (nSPS) is 13.8. The van der Waals surface area contributed by atoms with Crippen LogP contribution < -0.4 is 0 Å². The number of hydrogen-bond acceptors (Lipinski definition) is 2. The molecule has 5 heteroatoms. The Kier molecular flexibility index (Phi) is 3.85.